The van der Waals surface area contributed by atoms with Crippen LogP contribution in [0.3, 0.4) is 0 Å². The number of rotatable bonds is 12. The molecule has 3 aliphatic rings. The van der Waals surface area contributed by atoms with Gasteiger partial charge in [-0.25, -0.2) is 4.98 Å². The van der Waals surface area contributed by atoms with Crippen molar-refractivity contribution in [2.24, 2.45) is 0 Å². The first-order valence-corrected chi connectivity index (χ1v) is 18.1. The van der Waals surface area contributed by atoms with E-state index in [-0.39, 0.29) is 34.9 Å². The van der Waals surface area contributed by atoms with Crippen LogP contribution in [-0.4, -0.2) is 84.5 Å². The molecule has 3 aromatic rings. The van der Waals surface area contributed by atoms with Gasteiger partial charge < -0.3 is 19.7 Å². The molecule has 1 amide bonds. The van der Waals surface area contributed by atoms with Crippen LogP contribution >= 0.6 is 0 Å². The van der Waals surface area contributed by atoms with Crippen LogP contribution in [-0.2, 0) is 9.53 Å². The van der Waals surface area contributed by atoms with E-state index in [0.717, 1.165) is 58.2 Å². The topological polar surface area (TPSA) is 90.8 Å². The summed E-state index contributed by atoms with van der Waals surface area (Å²) in [5.74, 6) is -0.828. The number of likely N-dealkylation sites (tertiary alicyclic amines) is 2. The maximum Gasteiger partial charge on any atom is 0.393 e. The van der Waals surface area contributed by atoms with Gasteiger partial charge in [0.05, 0.1) is 12.0 Å². The molecule has 52 heavy (non-hydrogen) atoms. The molecule has 1 unspecified atom stereocenters. The summed E-state index contributed by atoms with van der Waals surface area (Å²) in [5.41, 5.74) is 1.54. The minimum Gasteiger partial charge on any atom is -0.473 e. The van der Waals surface area contributed by atoms with Crippen molar-refractivity contribution in [1.29, 1.82) is 5.41 Å². The van der Waals surface area contributed by atoms with Gasteiger partial charge in [0, 0.05) is 62.4 Å². The number of aromatic nitrogens is 1. The van der Waals surface area contributed by atoms with Crippen LogP contribution in [0, 0.1) is 5.41 Å². The number of benzene rings is 2. The number of pyridine rings is 1. The van der Waals surface area contributed by atoms with Crippen molar-refractivity contribution in [3.8, 4) is 5.88 Å². The Balaban J connectivity index is 1.26. The van der Waals surface area contributed by atoms with Gasteiger partial charge in [-0.15, -0.1) is 0 Å². The van der Waals surface area contributed by atoms with Gasteiger partial charge in [-0.3, -0.25) is 15.1 Å². The number of piperidine rings is 1. The van der Waals surface area contributed by atoms with Crippen molar-refractivity contribution in [3.05, 3.63) is 101 Å². The van der Waals surface area contributed by atoms with E-state index in [0.29, 0.717) is 54.4 Å². The van der Waals surface area contributed by atoms with Crippen molar-refractivity contribution in [2.45, 2.75) is 69.9 Å². The predicted molar refractivity (Wildman–Crippen MR) is 194 cm³/mol. The molecule has 2 atom stereocenters. The zero-order valence-electron chi connectivity index (χ0n) is 29.1. The van der Waals surface area contributed by atoms with Crippen LogP contribution in [0.25, 0.3) is 11.1 Å². The lowest BCUT2D eigenvalue weighted by molar-refractivity contribution is -0.125. The normalized spacial score (nSPS) is 20.5. The Morgan fingerprint density at radius 1 is 0.962 bits per heavy atom. The standard InChI is InChI=1S/C40H45F4N5O3/c41-39(45)32-24-29(15-17-34(32)47-36-13-4-7-23-51-36)38(33(25-40(42,43)44)28-10-2-1-3-11-28)30-16-18-35(46-26-30)52-31-12-8-19-48(27-31)20-9-14-37(50)49-21-5-6-22-49/h1-3,9-11,14-18,24,26,31,36,45,47H,4-8,12-13,19-23,25,27H2/b14-9+,38-33-,45-39?/t31-,36?/m1/s1. The van der Waals surface area contributed by atoms with Crippen molar-refractivity contribution >= 4 is 28.7 Å². The van der Waals surface area contributed by atoms with E-state index >= 15 is 0 Å². The van der Waals surface area contributed by atoms with Crippen LogP contribution in [0.1, 0.15) is 73.6 Å². The highest BCUT2D eigenvalue weighted by Gasteiger charge is 2.32. The van der Waals surface area contributed by atoms with Crippen LogP contribution in [0.15, 0.2) is 79.0 Å². The first-order chi connectivity index (χ1) is 25.1. The van der Waals surface area contributed by atoms with Crippen LogP contribution in [0.5, 0.6) is 5.88 Å². The van der Waals surface area contributed by atoms with Crippen LogP contribution in [0.4, 0.5) is 23.2 Å². The Bertz CT molecular complexity index is 1730. The van der Waals surface area contributed by atoms with Gasteiger partial charge >= 0.3 is 6.18 Å². The number of hydrogen-bond donors (Lipinski definition) is 2. The summed E-state index contributed by atoms with van der Waals surface area (Å²) in [6.07, 6.45) is 5.14. The molecule has 12 heteroatoms. The van der Waals surface area contributed by atoms with E-state index in [4.69, 9.17) is 14.9 Å². The van der Waals surface area contributed by atoms with E-state index in [1.807, 2.05) is 11.0 Å². The van der Waals surface area contributed by atoms with E-state index in [1.54, 1.807) is 60.7 Å². The molecule has 2 N–H and O–H groups in total. The quantitative estimate of drug-likeness (QED) is 0.0849. The lowest BCUT2D eigenvalue weighted by Gasteiger charge is -2.31. The molecule has 0 bridgehead atoms. The molecule has 276 valence electrons. The molecule has 3 aliphatic heterocycles. The number of carbonyl (C=O) groups is 1. The molecule has 2 aromatic carbocycles. The third kappa shape index (κ3) is 10.1. The molecule has 0 saturated carbocycles. The minimum absolute atomic E-state index is 0.00424. The highest BCUT2D eigenvalue weighted by Crippen LogP contribution is 2.40. The fourth-order valence-corrected chi connectivity index (χ4v) is 7.11. The third-order valence-corrected chi connectivity index (χ3v) is 9.66. The smallest absolute Gasteiger partial charge is 0.393 e. The number of nitrogens with zero attached hydrogens (tertiary/aromatic N) is 3. The Kier molecular flexibility index (Phi) is 12.4. The maximum absolute atomic E-state index is 14.8. The molecule has 0 spiro atoms. The molecular weight excluding hydrogens is 674 g/mol. The summed E-state index contributed by atoms with van der Waals surface area (Å²) in [4.78, 5) is 21.0. The number of anilines is 1. The number of alkyl halides is 3. The number of ether oxygens (including phenoxy) is 2. The number of nitrogens with one attached hydrogen (secondary N) is 2. The summed E-state index contributed by atoms with van der Waals surface area (Å²) < 4.78 is 69.6. The number of allylic oxidation sites excluding steroid dienone is 1. The van der Waals surface area contributed by atoms with E-state index in [1.165, 1.54) is 12.3 Å². The monoisotopic (exact) mass is 719 g/mol. The van der Waals surface area contributed by atoms with Gasteiger partial charge in [0.15, 0.2) is 0 Å². The van der Waals surface area contributed by atoms with Crippen LogP contribution in [0.2, 0.25) is 0 Å². The average Bonchev–Trinajstić information content (AvgIpc) is 3.69. The third-order valence-electron chi connectivity index (χ3n) is 9.66. The van der Waals surface area contributed by atoms with Crippen molar-refractivity contribution in [1.82, 2.24) is 14.8 Å². The van der Waals surface area contributed by atoms with E-state index < -0.39 is 18.6 Å². The van der Waals surface area contributed by atoms with Crippen molar-refractivity contribution in [2.75, 3.05) is 44.6 Å². The second kappa shape index (κ2) is 17.3. The Morgan fingerprint density at radius 3 is 2.44 bits per heavy atom. The highest BCUT2D eigenvalue weighted by molar-refractivity contribution is 6.02. The zero-order valence-corrected chi connectivity index (χ0v) is 29.1. The summed E-state index contributed by atoms with van der Waals surface area (Å²) in [5, 5.41) is 11.1. The van der Waals surface area contributed by atoms with Gasteiger partial charge in [-0.2, -0.15) is 17.6 Å². The SMILES string of the molecule is N=C(F)c1cc(/C(=C(\CC(F)(F)F)c2ccccc2)c2ccc(O[C@@H]3CCCN(C/C=C/C(=O)N4CCCC4)C3)nc2)ccc1NC1CCCCO1. The van der Waals surface area contributed by atoms with Gasteiger partial charge in [0.2, 0.25) is 17.8 Å². The second-order valence-electron chi connectivity index (χ2n) is 13.5. The fraction of sp³-hybridized carbons (Fsp3) is 0.425. The lowest BCUT2D eigenvalue weighted by atomic mass is 9.87. The molecule has 1 aromatic heterocycles. The van der Waals surface area contributed by atoms with E-state index in [9.17, 15) is 22.4 Å². The predicted octanol–water partition coefficient (Wildman–Crippen LogP) is 8.25. The maximum atomic E-state index is 14.8. The minimum atomic E-state index is -4.55. The summed E-state index contributed by atoms with van der Waals surface area (Å²) >= 11 is 0. The second-order valence-corrected chi connectivity index (χ2v) is 13.5. The first kappa shape index (κ1) is 37.2. The number of amides is 1. The molecule has 8 nitrogen and oxygen atoms in total. The molecule has 3 saturated heterocycles. The highest BCUT2D eigenvalue weighted by atomic mass is 19.4. The summed E-state index contributed by atoms with van der Waals surface area (Å²) in [6.45, 7) is 4.33. The van der Waals surface area contributed by atoms with Gasteiger partial charge in [-0.1, -0.05) is 42.5 Å². The Morgan fingerprint density at radius 2 is 1.75 bits per heavy atom. The summed E-state index contributed by atoms with van der Waals surface area (Å²) in [7, 11) is 0. The van der Waals surface area contributed by atoms with Gasteiger partial charge in [-0.05, 0) is 92.0 Å². The Hall–Kier alpha value is -4.55. The largest absolute Gasteiger partial charge is 0.473 e. The van der Waals surface area contributed by atoms with Crippen LogP contribution < -0.4 is 10.1 Å². The zero-order chi connectivity index (χ0) is 36.5. The molecule has 3 fully saturated rings. The van der Waals surface area contributed by atoms with Gasteiger partial charge in [0.25, 0.3) is 0 Å². The van der Waals surface area contributed by atoms with E-state index in [2.05, 4.69) is 15.2 Å². The first-order valence-electron chi connectivity index (χ1n) is 18.1. The fourth-order valence-electron chi connectivity index (χ4n) is 7.11. The molecule has 0 radical (unpaired) electrons. The number of halogens is 4. The lowest BCUT2D eigenvalue weighted by Crippen LogP contribution is -2.41. The Labute approximate surface area is 302 Å². The number of carbonyl (C=O) groups excluding carboxylic acids is 1. The molecule has 4 heterocycles. The molecular formula is C40H45F4N5O3. The summed E-state index contributed by atoms with van der Waals surface area (Å²) in [6, 6.07) is 16.3. The molecule has 6 rings (SSSR count). The van der Waals surface area contributed by atoms with Crippen molar-refractivity contribution in [3.63, 3.8) is 0 Å². The van der Waals surface area contributed by atoms with Gasteiger partial charge in [0.1, 0.15) is 12.3 Å². The van der Waals surface area contributed by atoms with Crippen molar-refractivity contribution < 1.29 is 31.8 Å². The number of hydrogen-bond acceptors (Lipinski definition) is 7. The molecule has 0 aliphatic carbocycles. The average molecular weight is 720 g/mol.